The molecule has 106 valence electrons. The van der Waals surface area contributed by atoms with E-state index in [9.17, 15) is 9.90 Å². The summed E-state index contributed by atoms with van der Waals surface area (Å²) in [4.78, 5) is 12.2. The van der Waals surface area contributed by atoms with Crippen LogP contribution in [-0.2, 0) is 0 Å². The van der Waals surface area contributed by atoms with Crippen LogP contribution in [0, 0.1) is 6.92 Å². The predicted octanol–water partition coefficient (Wildman–Crippen LogP) is 2.65. The van der Waals surface area contributed by atoms with Crippen molar-refractivity contribution in [1.82, 2.24) is 14.6 Å². The third-order valence-corrected chi connectivity index (χ3v) is 3.28. The van der Waals surface area contributed by atoms with Gasteiger partial charge < -0.3 is 10.4 Å². The Morgan fingerprint density at radius 1 is 1.29 bits per heavy atom. The van der Waals surface area contributed by atoms with Gasteiger partial charge in [-0.3, -0.25) is 9.20 Å². The van der Waals surface area contributed by atoms with Crippen molar-refractivity contribution < 1.29 is 9.90 Å². The summed E-state index contributed by atoms with van der Waals surface area (Å²) < 4.78 is 1.77. The molecule has 21 heavy (non-hydrogen) atoms. The molecule has 0 bridgehead atoms. The van der Waals surface area contributed by atoms with E-state index in [-0.39, 0.29) is 17.3 Å². The minimum Gasteiger partial charge on any atom is -0.506 e. The number of aromatic hydroxyl groups is 1. The molecule has 0 unspecified atom stereocenters. The maximum absolute atomic E-state index is 12.2. The van der Waals surface area contributed by atoms with Crippen molar-refractivity contribution in [2.75, 3.05) is 5.32 Å². The molecule has 2 N–H and O–H groups in total. The molecular formula is C14H11ClN4O2. The van der Waals surface area contributed by atoms with Crippen LogP contribution in [0.3, 0.4) is 0 Å². The number of nitrogens with zero attached hydrogens (tertiary/aromatic N) is 3. The number of aryl methyl sites for hydroxylation is 1. The SMILES string of the molecule is Cc1nnc2cc(C(=O)Nc3cc(Cl)ccc3O)ccn12. The monoisotopic (exact) mass is 302 g/mol. The number of carbonyl (C=O) groups excluding carboxylic acids is 1. The third kappa shape index (κ3) is 2.53. The molecule has 0 atom stereocenters. The fourth-order valence-corrected chi connectivity index (χ4v) is 2.13. The normalized spacial score (nSPS) is 10.8. The summed E-state index contributed by atoms with van der Waals surface area (Å²) >= 11 is 5.84. The Labute approximate surface area is 125 Å². The highest BCUT2D eigenvalue weighted by Crippen LogP contribution is 2.27. The van der Waals surface area contributed by atoms with Crippen LogP contribution in [0.5, 0.6) is 5.75 Å². The van der Waals surface area contributed by atoms with Gasteiger partial charge in [-0.25, -0.2) is 0 Å². The minimum atomic E-state index is -0.365. The second-order valence-electron chi connectivity index (χ2n) is 4.51. The third-order valence-electron chi connectivity index (χ3n) is 3.05. The number of hydrogen-bond donors (Lipinski definition) is 2. The summed E-state index contributed by atoms with van der Waals surface area (Å²) in [6, 6.07) is 7.71. The number of phenols is 1. The first-order valence-electron chi connectivity index (χ1n) is 6.16. The fraction of sp³-hybridized carbons (Fsp3) is 0.0714. The lowest BCUT2D eigenvalue weighted by Crippen LogP contribution is -2.12. The quantitative estimate of drug-likeness (QED) is 0.713. The van der Waals surface area contributed by atoms with Gasteiger partial charge in [0.1, 0.15) is 11.6 Å². The lowest BCUT2D eigenvalue weighted by molar-refractivity contribution is 0.102. The number of benzene rings is 1. The van der Waals surface area contributed by atoms with E-state index in [0.717, 1.165) is 5.82 Å². The van der Waals surface area contributed by atoms with Gasteiger partial charge in [0.05, 0.1) is 5.69 Å². The number of phenolic OH excluding ortho intramolecular Hbond substituents is 1. The molecule has 3 rings (SSSR count). The van der Waals surface area contributed by atoms with E-state index in [1.807, 2.05) is 6.92 Å². The van der Waals surface area contributed by atoms with Crippen molar-refractivity contribution >= 4 is 28.8 Å². The largest absolute Gasteiger partial charge is 0.506 e. The molecule has 1 amide bonds. The van der Waals surface area contributed by atoms with E-state index in [1.165, 1.54) is 18.2 Å². The van der Waals surface area contributed by atoms with E-state index in [0.29, 0.717) is 16.2 Å². The van der Waals surface area contributed by atoms with Gasteiger partial charge in [-0.05, 0) is 37.3 Å². The Hall–Kier alpha value is -2.60. The summed E-state index contributed by atoms with van der Waals surface area (Å²) in [5.41, 5.74) is 1.25. The standard InChI is InChI=1S/C14H11ClN4O2/c1-8-17-18-13-6-9(4-5-19(8)13)14(21)16-11-7-10(15)2-3-12(11)20/h2-7,20H,1H3,(H,16,21). The lowest BCUT2D eigenvalue weighted by Gasteiger charge is -2.08. The number of pyridine rings is 1. The Morgan fingerprint density at radius 3 is 2.90 bits per heavy atom. The second kappa shape index (κ2) is 5.06. The van der Waals surface area contributed by atoms with Gasteiger partial charge in [0.25, 0.3) is 5.91 Å². The number of anilines is 1. The van der Waals surface area contributed by atoms with Crippen molar-refractivity contribution in [2.45, 2.75) is 6.92 Å². The van der Waals surface area contributed by atoms with Gasteiger partial charge >= 0.3 is 0 Å². The number of aromatic nitrogens is 3. The zero-order chi connectivity index (χ0) is 15.0. The molecule has 2 heterocycles. The highest BCUT2D eigenvalue weighted by Gasteiger charge is 2.11. The Morgan fingerprint density at radius 2 is 2.10 bits per heavy atom. The zero-order valence-corrected chi connectivity index (χ0v) is 11.8. The highest BCUT2D eigenvalue weighted by molar-refractivity contribution is 6.31. The number of fused-ring (bicyclic) bond motifs is 1. The first-order valence-corrected chi connectivity index (χ1v) is 6.53. The summed E-state index contributed by atoms with van der Waals surface area (Å²) in [7, 11) is 0. The van der Waals surface area contributed by atoms with E-state index in [1.54, 1.807) is 22.7 Å². The summed E-state index contributed by atoms with van der Waals surface area (Å²) in [5.74, 6) is 0.326. The molecule has 2 aromatic heterocycles. The molecule has 0 saturated carbocycles. The van der Waals surface area contributed by atoms with Crippen molar-refractivity contribution in [3.8, 4) is 5.75 Å². The van der Waals surface area contributed by atoms with Crippen LogP contribution >= 0.6 is 11.6 Å². The van der Waals surface area contributed by atoms with Gasteiger partial charge in [-0.2, -0.15) is 0 Å². The number of hydrogen-bond acceptors (Lipinski definition) is 4. The molecule has 0 aliphatic carbocycles. The molecule has 6 nitrogen and oxygen atoms in total. The molecule has 0 saturated heterocycles. The Bertz CT molecular complexity index is 844. The van der Waals surface area contributed by atoms with Crippen molar-refractivity contribution in [1.29, 1.82) is 0 Å². The van der Waals surface area contributed by atoms with E-state index < -0.39 is 0 Å². The van der Waals surface area contributed by atoms with Gasteiger partial charge in [0, 0.05) is 16.8 Å². The molecule has 0 spiro atoms. The molecular weight excluding hydrogens is 292 g/mol. The first kappa shape index (κ1) is 13.4. The number of carbonyl (C=O) groups is 1. The summed E-state index contributed by atoms with van der Waals surface area (Å²) in [5, 5.41) is 20.6. The molecule has 7 heteroatoms. The van der Waals surface area contributed by atoms with Gasteiger partial charge in [0.2, 0.25) is 0 Å². The average molecular weight is 303 g/mol. The van der Waals surface area contributed by atoms with Crippen LogP contribution in [0.4, 0.5) is 5.69 Å². The molecule has 3 aromatic rings. The molecule has 0 aliphatic heterocycles. The van der Waals surface area contributed by atoms with Crippen LogP contribution in [0.25, 0.3) is 5.65 Å². The van der Waals surface area contributed by atoms with Crippen LogP contribution < -0.4 is 5.32 Å². The van der Waals surface area contributed by atoms with Gasteiger partial charge in [-0.1, -0.05) is 11.6 Å². The number of rotatable bonds is 2. The summed E-state index contributed by atoms with van der Waals surface area (Å²) in [6.07, 6.45) is 1.72. The van der Waals surface area contributed by atoms with Crippen LogP contribution in [0.1, 0.15) is 16.2 Å². The molecule has 1 aromatic carbocycles. The topological polar surface area (TPSA) is 79.5 Å². The molecule has 0 aliphatic rings. The maximum Gasteiger partial charge on any atom is 0.255 e. The maximum atomic E-state index is 12.2. The number of halogens is 1. The number of amides is 1. The predicted molar refractivity (Wildman–Crippen MR) is 78.8 cm³/mol. The van der Waals surface area contributed by atoms with Gasteiger partial charge in [-0.15, -0.1) is 10.2 Å². The number of nitrogens with one attached hydrogen (secondary N) is 1. The zero-order valence-electron chi connectivity index (χ0n) is 11.0. The van der Waals surface area contributed by atoms with Crippen molar-refractivity contribution in [3.63, 3.8) is 0 Å². The van der Waals surface area contributed by atoms with Crippen LogP contribution in [0.15, 0.2) is 36.5 Å². The highest BCUT2D eigenvalue weighted by atomic mass is 35.5. The first-order chi connectivity index (χ1) is 10.0. The summed E-state index contributed by atoms with van der Waals surface area (Å²) in [6.45, 7) is 1.82. The van der Waals surface area contributed by atoms with E-state index >= 15 is 0 Å². The smallest absolute Gasteiger partial charge is 0.255 e. The van der Waals surface area contributed by atoms with Crippen molar-refractivity contribution in [3.05, 3.63) is 52.9 Å². The lowest BCUT2D eigenvalue weighted by atomic mass is 10.2. The average Bonchev–Trinajstić information content (AvgIpc) is 2.84. The minimum absolute atomic E-state index is 0.0489. The van der Waals surface area contributed by atoms with E-state index in [2.05, 4.69) is 15.5 Å². The molecule has 0 fully saturated rings. The van der Waals surface area contributed by atoms with Crippen molar-refractivity contribution in [2.24, 2.45) is 0 Å². The van der Waals surface area contributed by atoms with Gasteiger partial charge in [0.15, 0.2) is 5.65 Å². The Kier molecular flexibility index (Phi) is 3.23. The van der Waals surface area contributed by atoms with Crippen LogP contribution in [0.2, 0.25) is 5.02 Å². The van der Waals surface area contributed by atoms with Crippen LogP contribution in [-0.4, -0.2) is 25.6 Å². The molecule has 0 radical (unpaired) electrons. The fourth-order valence-electron chi connectivity index (χ4n) is 1.95. The Balaban J connectivity index is 1.91. The second-order valence-corrected chi connectivity index (χ2v) is 4.94. The van der Waals surface area contributed by atoms with E-state index in [4.69, 9.17) is 11.6 Å².